The van der Waals surface area contributed by atoms with Gasteiger partial charge in [-0.05, 0) is 41.0 Å². The Morgan fingerprint density at radius 2 is 1.90 bits per heavy atom. The monoisotopic (exact) mass is 391 g/mol. The van der Waals surface area contributed by atoms with Gasteiger partial charge in [0, 0.05) is 20.3 Å². The number of aromatic nitrogens is 3. The van der Waals surface area contributed by atoms with Crippen molar-refractivity contribution in [3.63, 3.8) is 0 Å². The van der Waals surface area contributed by atoms with E-state index in [1.54, 1.807) is 11.2 Å². The summed E-state index contributed by atoms with van der Waals surface area (Å²) in [4.78, 5) is 0. The Kier molecular flexibility index (Phi) is 7.71. The molecule has 0 unspecified atom stereocenters. The van der Waals surface area contributed by atoms with Gasteiger partial charge in [-0.1, -0.05) is 75.1 Å². The van der Waals surface area contributed by atoms with E-state index in [-0.39, 0.29) is 5.41 Å². The van der Waals surface area contributed by atoms with Crippen LogP contribution in [0.3, 0.4) is 0 Å². The molecule has 0 aliphatic rings. The van der Waals surface area contributed by atoms with Gasteiger partial charge in [0.25, 0.3) is 0 Å². The third-order valence-electron chi connectivity index (χ3n) is 4.46. The lowest BCUT2D eigenvalue weighted by Gasteiger charge is -2.19. The van der Waals surface area contributed by atoms with Crippen molar-refractivity contribution < 1.29 is 0 Å². The first-order chi connectivity index (χ1) is 13.7. The van der Waals surface area contributed by atoms with Crippen LogP contribution in [0.4, 0.5) is 0 Å². The average Bonchev–Trinajstić information content (AvgIpc) is 3.11. The predicted molar refractivity (Wildman–Crippen MR) is 123 cm³/mol. The Morgan fingerprint density at radius 3 is 2.48 bits per heavy atom. The molecule has 5 heteroatoms. The lowest BCUT2D eigenvalue weighted by Crippen LogP contribution is -2.11. The Labute approximate surface area is 175 Å². The Balaban J connectivity index is 2.00. The largest absolute Gasteiger partial charge is 0.303 e. The summed E-state index contributed by atoms with van der Waals surface area (Å²) >= 11 is 0. The highest BCUT2D eigenvalue weighted by Crippen LogP contribution is 2.22. The molecule has 0 N–H and O–H groups in total. The van der Waals surface area contributed by atoms with Crippen molar-refractivity contribution in [3.05, 3.63) is 77.7 Å². The number of nitrogens with zero attached hydrogens (tertiary/aromatic N) is 5. The van der Waals surface area contributed by atoms with E-state index in [4.69, 9.17) is 0 Å². The van der Waals surface area contributed by atoms with E-state index in [2.05, 4.69) is 79.2 Å². The molecule has 1 aromatic carbocycles. The SMILES string of the molecule is C=C(C=NN(C)C)CC=CC(=CC)c1cn(Cc2ccc(C(C)(C)C)cc2)nn1. The summed E-state index contributed by atoms with van der Waals surface area (Å²) in [5.41, 5.74) is 5.56. The summed E-state index contributed by atoms with van der Waals surface area (Å²) in [5.74, 6) is 0. The standard InChI is InChI=1S/C24H33N5/c1-8-21(11-9-10-19(2)16-25-28(6)7)23-18-29(27-26-23)17-20-12-14-22(15-13-20)24(3,4)5/h8-9,11-16,18H,2,10,17H2,1,3-7H3. The van der Waals surface area contributed by atoms with E-state index in [0.29, 0.717) is 6.54 Å². The highest BCUT2D eigenvalue weighted by molar-refractivity contribution is 5.78. The number of hydrogen-bond donors (Lipinski definition) is 0. The molecule has 154 valence electrons. The van der Waals surface area contributed by atoms with Crippen molar-refractivity contribution >= 4 is 11.8 Å². The van der Waals surface area contributed by atoms with Crippen LogP contribution in [0.25, 0.3) is 5.57 Å². The molecule has 0 aliphatic carbocycles. The van der Waals surface area contributed by atoms with Crippen molar-refractivity contribution in [1.29, 1.82) is 0 Å². The molecular weight excluding hydrogens is 358 g/mol. The molecule has 29 heavy (non-hydrogen) atoms. The van der Waals surface area contributed by atoms with Gasteiger partial charge in [0.05, 0.1) is 12.7 Å². The van der Waals surface area contributed by atoms with Crippen LogP contribution in [0.1, 0.15) is 50.9 Å². The second-order valence-corrected chi connectivity index (χ2v) is 8.35. The molecule has 0 atom stereocenters. The van der Waals surface area contributed by atoms with Gasteiger partial charge < -0.3 is 5.01 Å². The Morgan fingerprint density at radius 1 is 1.21 bits per heavy atom. The molecule has 0 aliphatic heterocycles. The minimum atomic E-state index is 0.162. The van der Waals surface area contributed by atoms with E-state index < -0.39 is 0 Å². The molecule has 0 bridgehead atoms. The normalized spacial score (nSPS) is 12.8. The first-order valence-electron chi connectivity index (χ1n) is 9.91. The highest BCUT2D eigenvalue weighted by Gasteiger charge is 2.13. The zero-order valence-electron chi connectivity index (χ0n) is 18.6. The summed E-state index contributed by atoms with van der Waals surface area (Å²) in [5, 5.41) is 14.6. The van der Waals surface area contributed by atoms with Crippen LogP contribution in [0.5, 0.6) is 0 Å². The molecule has 5 nitrogen and oxygen atoms in total. The average molecular weight is 392 g/mol. The second kappa shape index (κ2) is 10.0. The van der Waals surface area contributed by atoms with Gasteiger partial charge in [0.2, 0.25) is 0 Å². The molecule has 2 aromatic rings. The highest BCUT2D eigenvalue weighted by atomic mass is 15.4. The third kappa shape index (κ3) is 7.18. The van der Waals surface area contributed by atoms with Crippen molar-refractivity contribution in [1.82, 2.24) is 20.0 Å². The minimum absolute atomic E-state index is 0.162. The van der Waals surface area contributed by atoms with Crippen LogP contribution in [0, 0.1) is 0 Å². The maximum absolute atomic E-state index is 4.34. The zero-order chi connectivity index (χ0) is 21.4. The van der Waals surface area contributed by atoms with Gasteiger partial charge in [0.15, 0.2) is 0 Å². The molecule has 0 fully saturated rings. The van der Waals surface area contributed by atoms with Gasteiger partial charge in [-0.25, -0.2) is 4.68 Å². The van der Waals surface area contributed by atoms with Gasteiger partial charge >= 0.3 is 0 Å². The summed E-state index contributed by atoms with van der Waals surface area (Å²) in [7, 11) is 3.78. The van der Waals surface area contributed by atoms with Crippen molar-refractivity contribution in [3.8, 4) is 0 Å². The maximum atomic E-state index is 4.34. The first kappa shape index (κ1) is 22.3. The molecule has 0 spiro atoms. The molecule has 1 aromatic heterocycles. The Bertz CT molecular complexity index is 890. The number of benzene rings is 1. The van der Waals surface area contributed by atoms with Gasteiger partial charge in [-0.2, -0.15) is 5.10 Å². The van der Waals surface area contributed by atoms with E-state index in [9.17, 15) is 0 Å². The number of hydrazone groups is 1. The van der Waals surface area contributed by atoms with E-state index in [1.165, 1.54) is 11.1 Å². The minimum Gasteiger partial charge on any atom is -0.303 e. The summed E-state index contributed by atoms with van der Waals surface area (Å²) < 4.78 is 1.88. The molecule has 0 saturated carbocycles. The van der Waals surface area contributed by atoms with Crippen LogP contribution < -0.4 is 0 Å². The molecule has 1 heterocycles. The number of allylic oxidation sites excluding steroid dienone is 5. The molecule has 0 amide bonds. The Hall–Kier alpha value is -2.95. The first-order valence-corrected chi connectivity index (χ1v) is 9.91. The van der Waals surface area contributed by atoms with Crippen LogP contribution in [0.2, 0.25) is 0 Å². The van der Waals surface area contributed by atoms with Crippen molar-refractivity contribution in [2.45, 2.75) is 46.1 Å². The van der Waals surface area contributed by atoms with E-state index >= 15 is 0 Å². The fourth-order valence-corrected chi connectivity index (χ4v) is 2.72. The summed E-state index contributed by atoms with van der Waals surface area (Å²) in [6, 6.07) is 8.72. The predicted octanol–water partition coefficient (Wildman–Crippen LogP) is 5.08. The molecule has 0 saturated heterocycles. The zero-order valence-corrected chi connectivity index (χ0v) is 18.6. The molecule has 0 radical (unpaired) electrons. The lowest BCUT2D eigenvalue weighted by atomic mass is 9.87. The fraction of sp³-hybridized carbons (Fsp3) is 0.375. The molecule has 2 rings (SSSR count). The van der Waals surface area contributed by atoms with Gasteiger partial charge in [0.1, 0.15) is 5.69 Å². The number of rotatable bonds is 8. The topological polar surface area (TPSA) is 46.3 Å². The summed E-state index contributed by atoms with van der Waals surface area (Å²) in [6.45, 7) is 13.4. The summed E-state index contributed by atoms with van der Waals surface area (Å²) in [6.07, 6.45) is 10.7. The van der Waals surface area contributed by atoms with E-state index in [1.807, 2.05) is 38.0 Å². The van der Waals surface area contributed by atoms with Crippen molar-refractivity contribution in [2.24, 2.45) is 5.10 Å². The van der Waals surface area contributed by atoms with E-state index in [0.717, 1.165) is 23.3 Å². The quantitative estimate of drug-likeness (QED) is 0.358. The van der Waals surface area contributed by atoms with Crippen LogP contribution >= 0.6 is 0 Å². The third-order valence-corrected chi connectivity index (χ3v) is 4.46. The number of hydrogen-bond acceptors (Lipinski definition) is 4. The van der Waals surface area contributed by atoms with Gasteiger partial charge in [-0.15, -0.1) is 5.10 Å². The maximum Gasteiger partial charge on any atom is 0.112 e. The van der Waals surface area contributed by atoms with Crippen LogP contribution in [0.15, 0.2) is 65.9 Å². The molecular formula is C24H33N5. The fourth-order valence-electron chi connectivity index (χ4n) is 2.72. The second-order valence-electron chi connectivity index (χ2n) is 8.35. The van der Waals surface area contributed by atoms with Crippen LogP contribution in [-0.2, 0) is 12.0 Å². The van der Waals surface area contributed by atoms with Gasteiger partial charge in [-0.3, -0.25) is 0 Å². The van der Waals surface area contributed by atoms with Crippen LogP contribution in [-0.4, -0.2) is 40.3 Å². The van der Waals surface area contributed by atoms with Crippen molar-refractivity contribution in [2.75, 3.05) is 14.1 Å². The lowest BCUT2D eigenvalue weighted by molar-refractivity contribution is 0.440. The smallest absolute Gasteiger partial charge is 0.112 e.